The number of likely N-dealkylation sites (N-methyl/N-ethyl adjacent to an activating group) is 1. The molecule has 4 heterocycles. The summed E-state index contributed by atoms with van der Waals surface area (Å²) < 4.78 is 0. The first-order valence-corrected chi connectivity index (χ1v) is 9.84. The van der Waals surface area contributed by atoms with Crippen LogP contribution >= 0.6 is 0 Å². The van der Waals surface area contributed by atoms with Crippen LogP contribution in [0.1, 0.15) is 10.4 Å². The van der Waals surface area contributed by atoms with Crippen molar-refractivity contribution in [2.45, 2.75) is 0 Å². The Hall–Kier alpha value is -4.21. The van der Waals surface area contributed by atoms with Gasteiger partial charge in [0.05, 0.1) is 23.1 Å². The van der Waals surface area contributed by atoms with E-state index in [1.165, 1.54) is 6.20 Å². The minimum atomic E-state index is -0.323. The third kappa shape index (κ3) is 3.70. The summed E-state index contributed by atoms with van der Waals surface area (Å²) in [5.74, 6) is 1.42. The predicted octanol–water partition coefficient (Wildman–Crippen LogP) is 1.88. The maximum atomic E-state index is 12.6. The van der Waals surface area contributed by atoms with Gasteiger partial charge in [-0.3, -0.25) is 14.7 Å². The number of anilines is 2. The van der Waals surface area contributed by atoms with Gasteiger partial charge in [-0.2, -0.15) is 5.10 Å². The molecule has 0 bridgehead atoms. The number of aromatic nitrogens is 5. The van der Waals surface area contributed by atoms with Crippen molar-refractivity contribution in [3.05, 3.63) is 54.2 Å². The van der Waals surface area contributed by atoms with Gasteiger partial charge < -0.3 is 20.1 Å². The number of carbonyl (C=O) groups excluding carboxylic acids is 2. The van der Waals surface area contributed by atoms with Gasteiger partial charge in [0.2, 0.25) is 5.91 Å². The highest BCUT2D eigenvalue weighted by Gasteiger charge is 2.22. The summed E-state index contributed by atoms with van der Waals surface area (Å²) in [6.07, 6.45) is 1.50. The van der Waals surface area contributed by atoms with E-state index in [2.05, 4.69) is 30.5 Å². The topological polar surface area (TPSA) is 123 Å². The van der Waals surface area contributed by atoms with E-state index in [4.69, 9.17) is 0 Å². The second-order valence-electron chi connectivity index (χ2n) is 7.37. The van der Waals surface area contributed by atoms with Crippen LogP contribution in [0.2, 0.25) is 0 Å². The fourth-order valence-electron chi connectivity index (χ4n) is 3.44. The first-order chi connectivity index (χ1) is 15.1. The number of piperazine rings is 1. The number of hydrogen-bond acceptors (Lipinski definition) is 6. The summed E-state index contributed by atoms with van der Waals surface area (Å²) in [6, 6.07) is 12.9. The molecular weight excluding hydrogens is 396 g/mol. The summed E-state index contributed by atoms with van der Waals surface area (Å²) >= 11 is 0. The number of aromatic amines is 2. The normalized spacial score (nSPS) is 14.3. The monoisotopic (exact) mass is 416 g/mol. The van der Waals surface area contributed by atoms with Crippen molar-refractivity contribution in [1.29, 1.82) is 0 Å². The molecule has 31 heavy (non-hydrogen) atoms. The predicted molar refractivity (Wildman–Crippen MR) is 116 cm³/mol. The standard InChI is InChI=1S/C21H20N8O2/c1-28-8-9-29(12-19(28)30)18-7-6-13(11-22-18)21(31)25-17-10-16(26-27-17)20-23-14-4-2-3-5-15(14)24-20/h2-7,10-11H,8-9,12H2,1H3,(H,23,24)(H2,25,26,27,31). The SMILES string of the molecule is CN1CCN(c2ccc(C(=O)Nc3cc(-c4nc5ccccc5[nH]4)[nH]n3)cn2)CC1=O. The number of nitrogens with one attached hydrogen (secondary N) is 3. The highest BCUT2D eigenvalue weighted by molar-refractivity contribution is 6.03. The lowest BCUT2D eigenvalue weighted by Gasteiger charge is -2.32. The largest absolute Gasteiger partial charge is 0.346 e. The number of rotatable bonds is 4. The third-order valence-electron chi connectivity index (χ3n) is 5.26. The van der Waals surface area contributed by atoms with Gasteiger partial charge in [-0.15, -0.1) is 0 Å². The van der Waals surface area contributed by atoms with Crippen LogP contribution in [-0.2, 0) is 4.79 Å². The van der Waals surface area contributed by atoms with Crippen LogP contribution in [0.4, 0.5) is 11.6 Å². The molecular formula is C21H20N8O2. The van der Waals surface area contributed by atoms with E-state index in [-0.39, 0.29) is 18.4 Å². The molecule has 5 rings (SSSR count). The lowest BCUT2D eigenvalue weighted by molar-refractivity contribution is -0.129. The molecule has 0 saturated carbocycles. The number of benzene rings is 1. The number of nitrogens with zero attached hydrogens (tertiary/aromatic N) is 5. The van der Waals surface area contributed by atoms with Crippen molar-refractivity contribution >= 4 is 34.5 Å². The summed E-state index contributed by atoms with van der Waals surface area (Å²) in [4.78, 5) is 40.2. The minimum absolute atomic E-state index is 0.0497. The molecule has 0 unspecified atom stereocenters. The molecule has 1 aliphatic rings. The third-order valence-corrected chi connectivity index (χ3v) is 5.26. The summed E-state index contributed by atoms with van der Waals surface area (Å²) in [5.41, 5.74) is 2.84. The van der Waals surface area contributed by atoms with E-state index in [1.54, 1.807) is 30.1 Å². The van der Waals surface area contributed by atoms with Crippen molar-refractivity contribution in [3.63, 3.8) is 0 Å². The lowest BCUT2D eigenvalue weighted by atomic mass is 10.2. The van der Waals surface area contributed by atoms with Crippen molar-refractivity contribution in [1.82, 2.24) is 30.0 Å². The Morgan fingerprint density at radius 2 is 2.03 bits per heavy atom. The summed E-state index contributed by atoms with van der Waals surface area (Å²) in [7, 11) is 1.79. The van der Waals surface area contributed by atoms with Gasteiger partial charge in [0.1, 0.15) is 11.5 Å². The minimum Gasteiger partial charge on any atom is -0.346 e. The fraction of sp³-hybridized carbons (Fsp3) is 0.190. The average Bonchev–Trinajstić information content (AvgIpc) is 3.42. The molecule has 1 fully saturated rings. The highest BCUT2D eigenvalue weighted by Crippen LogP contribution is 2.21. The molecule has 10 nitrogen and oxygen atoms in total. The first-order valence-electron chi connectivity index (χ1n) is 9.84. The van der Waals surface area contributed by atoms with Crippen LogP contribution < -0.4 is 10.2 Å². The second kappa shape index (κ2) is 7.56. The number of amides is 2. The van der Waals surface area contributed by atoms with Gasteiger partial charge in [-0.1, -0.05) is 12.1 Å². The van der Waals surface area contributed by atoms with Gasteiger partial charge in [0.25, 0.3) is 5.91 Å². The number of hydrogen-bond donors (Lipinski definition) is 3. The zero-order chi connectivity index (χ0) is 21.4. The zero-order valence-electron chi connectivity index (χ0n) is 16.8. The molecule has 156 valence electrons. The molecule has 1 saturated heterocycles. The zero-order valence-corrected chi connectivity index (χ0v) is 16.8. The Bertz CT molecular complexity index is 1230. The van der Waals surface area contributed by atoms with Gasteiger partial charge in [-0.25, -0.2) is 9.97 Å². The number of carbonyl (C=O) groups is 2. The summed E-state index contributed by atoms with van der Waals surface area (Å²) in [5, 5.41) is 9.79. The van der Waals surface area contributed by atoms with Gasteiger partial charge in [0, 0.05) is 32.4 Å². The second-order valence-corrected chi connectivity index (χ2v) is 7.37. The molecule has 3 N–H and O–H groups in total. The maximum Gasteiger partial charge on any atom is 0.258 e. The van der Waals surface area contributed by atoms with E-state index in [1.807, 2.05) is 29.2 Å². The first kappa shape index (κ1) is 18.8. The number of imidazole rings is 1. The van der Waals surface area contributed by atoms with Gasteiger partial charge >= 0.3 is 0 Å². The van der Waals surface area contributed by atoms with Crippen molar-refractivity contribution in [2.75, 3.05) is 36.9 Å². The van der Waals surface area contributed by atoms with E-state index in [0.717, 1.165) is 11.0 Å². The Labute approximate surface area is 177 Å². The lowest BCUT2D eigenvalue weighted by Crippen LogP contribution is -2.48. The quantitative estimate of drug-likeness (QED) is 0.467. The molecule has 0 atom stereocenters. The maximum absolute atomic E-state index is 12.6. The van der Waals surface area contributed by atoms with Crippen LogP contribution in [0.15, 0.2) is 48.7 Å². The Morgan fingerprint density at radius 1 is 1.16 bits per heavy atom. The van der Waals surface area contributed by atoms with E-state index in [0.29, 0.717) is 41.8 Å². The van der Waals surface area contributed by atoms with E-state index >= 15 is 0 Å². The van der Waals surface area contributed by atoms with E-state index in [9.17, 15) is 9.59 Å². The number of pyridine rings is 1. The van der Waals surface area contributed by atoms with Crippen LogP contribution in [0.3, 0.4) is 0 Å². The van der Waals surface area contributed by atoms with Crippen LogP contribution in [0.25, 0.3) is 22.6 Å². The van der Waals surface area contributed by atoms with Crippen molar-refractivity contribution < 1.29 is 9.59 Å². The fourth-order valence-corrected chi connectivity index (χ4v) is 3.44. The highest BCUT2D eigenvalue weighted by atomic mass is 16.2. The Balaban J connectivity index is 1.27. The van der Waals surface area contributed by atoms with E-state index < -0.39 is 0 Å². The molecule has 0 spiro atoms. The molecule has 1 aliphatic heterocycles. The smallest absolute Gasteiger partial charge is 0.258 e. The molecule has 2 amide bonds. The van der Waals surface area contributed by atoms with Crippen LogP contribution in [0.5, 0.6) is 0 Å². The molecule has 0 aliphatic carbocycles. The van der Waals surface area contributed by atoms with Crippen LogP contribution in [0, 0.1) is 0 Å². The molecule has 10 heteroatoms. The number of fused-ring (bicyclic) bond motifs is 1. The Morgan fingerprint density at radius 3 is 2.81 bits per heavy atom. The number of para-hydroxylation sites is 2. The molecule has 4 aromatic rings. The van der Waals surface area contributed by atoms with Crippen LogP contribution in [-0.4, -0.2) is 68.5 Å². The van der Waals surface area contributed by atoms with Gasteiger partial charge in [0.15, 0.2) is 11.6 Å². The molecule has 1 aromatic carbocycles. The summed E-state index contributed by atoms with van der Waals surface area (Å²) in [6.45, 7) is 1.64. The van der Waals surface area contributed by atoms with Gasteiger partial charge in [-0.05, 0) is 24.3 Å². The average molecular weight is 416 g/mol. The number of H-pyrrole nitrogens is 2. The molecule has 0 radical (unpaired) electrons. The van der Waals surface area contributed by atoms with Crippen molar-refractivity contribution in [3.8, 4) is 11.5 Å². The molecule has 3 aromatic heterocycles. The Kier molecular flexibility index (Phi) is 4.58. The van der Waals surface area contributed by atoms with Crippen molar-refractivity contribution in [2.24, 2.45) is 0 Å².